The van der Waals surface area contributed by atoms with Gasteiger partial charge in [-0.1, -0.05) is 0 Å². The molecule has 1 aromatic heterocycles. The highest BCUT2D eigenvalue weighted by molar-refractivity contribution is 8.00. The van der Waals surface area contributed by atoms with Gasteiger partial charge in [0.25, 0.3) is 0 Å². The van der Waals surface area contributed by atoms with Crippen molar-refractivity contribution in [2.45, 2.75) is 17.1 Å². The molecule has 0 bridgehead atoms. The molecule has 0 unspecified atom stereocenters. The van der Waals surface area contributed by atoms with Crippen molar-refractivity contribution < 1.29 is 4.42 Å². The van der Waals surface area contributed by atoms with Gasteiger partial charge in [0.05, 0.1) is 6.26 Å². The van der Waals surface area contributed by atoms with Crippen LogP contribution in [-0.4, -0.2) is 18.3 Å². The monoisotopic (exact) mass is 169 g/mol. The fourth-order valence-corrected chi connectivity index (χ4v) is 2.13. The Morgan fingerprint density at radius 1 is 1.64 bits per heavy atom. The van der Waals surface area contributed by atoms with E-state index in [2.05, 4.69) is 5.32 Å². The summed E-state index contributed by atoms with van der Waals surface area (Å²) in [5, 5.41) is 4.00. The Balaban J connectivity index is 1.99. The minimum absolute atomic E-state index is 0.756. The highest BCUT2D eigenvalue weighted by Crippen LogP contribution is 2.28. The quantitative estimate of drug-likeness (QED) is 0.728. The number of rotatable bonds is 2. The van der Waals surface area contributed by atoms with E-state index >= 15 is 0 Å². The molecule has 0 spiro atoms. The maximum absolute atomic E-state index is 5.19. The molecule has 1 saturated heterocycles. The molecule has 0 atom stereocenters. The molecule has 1 fully saturated rings. The van der Waals surface area contributed by atoms with Crippen molar-refractivity contribution in [3.05, 3.63) is 18.1 Å². The first kappa shape index (κ1) is 7.25. The van der Waals surface area contributed by atoms with Gasteiger partial charge in [0, 0.05) is 23.2 Å². The van der Waals surface area contributed by atoms with Crippen molar-refractivity contribution in [2.24, 2.45) is 0 Å². The second kappa shape index (κ2) is 2.91. The van der Waals surface area contributed by atoms with Crippen molar-refractivity contribution in [2.75, 3.05) is 13.1 Å². The molecule has 60 valence electrons. The zero-order valence-corrected chi connectivity index (χ0v) is 7.28. The van der Waals surface area contributed by atoms with Gasteiger partial charge < -0.3 is 9.73 Å². The molecule has 2 rings (SSSR count). The minimum atomic E-state index is 0.756. The highest BCUT2D eigenvalue weighted by Gasteiger charge is 2.19. The number of nitrogens with one attached hydrogen (secondary N) is 1. The first-order valence-electron chi connectivity index (χ1n) is 3.78. The summed E-state index contributed by atoms with van der Waals surface area (Å²) in [4.78, 5) is 1.29. The molecule has 2 heterocycles. The molecule has 1 aliphatic heterocycles. The van der Waals surface area contributed by atoms with E-state index in [9.17, 15) is 0 Å². The Bertz CT molecular complexity index is 242. The Labute approximate surface area is 70.4 Å². The molecule has 1 N–H and O–H groups in total. The second-order valence-corrected chi connectivity index (χ2v) is 4.08. The third-order valence-electron chi connectivity index (χ3n) is 1.85. The van der Waals surface area contributed by atoms with Crippen LogP contribution < -0.4 is 5.32 Å². The van der Waals surface area contributed by atoms with E-state index < -0.39 is 0 Å². The number of thioether (sulfide) groups is 1. The fourth-order valence-electron chi connectivity index (χ4n) is 1.02. The Kier molecular flexibility index (Phi) is 1.92. The summed E-state index contributed by atoms with van der Waals surface area (Å²) in [6.07, 6.45) is 1.75. The zero-order chi connectivity index (χ0) is 7.68. The Morgan fingerprint density at radius 3 is 2.91 bits per heavy atom. The summed E-state index contributed by atoms with van der Waals surface area (Å²) in [6, 6.07) is 2.04. The van der Waals surface area contributed by atoms with Crippen molar-refractivity contribution in [1.82, 2.24) is 5.32 Å². The first-order valence-corrected chi connectivity index (χ1v) is 4.65. The normalized spacial score (nSPS) is 18.3. The summed E-state index contributed by atoms with van der Waals surface area (Å²) < 4.78 is 5.19. The molecule has 1 aliphatic rings. The molecule has 3 heteroatoms. The lowest BCUT2D eigenvalue weighted by Crippen LogP contribution is -2.44. The average molecular weight is 169 g/mol. The molecule has 1 aromatic rings. The van der Waals surface area contributed by atoms with E-state index in [0.717, 1.165) is 24.1 Å². The van der Waals surface area contributed by atoms with Gasteiger partial charge in [0.2, 0.25) is 0 Å². The van der Waals surface area contributed by atoms with Crippen LogP contribution in [0, 0.1) is 6.92 Å². The molecular formula is C8H11NOS. The maximum Gasteiger partial charge on any atom is 0.114 e. The SMILES string of the molecule is Cc1occc1SC1CNC1. The molecule has 11 heavy (non-hydrogen) atoms. The molecule has 0 aromatic carbocycles. The number of aryl methyl sites for hydroxylation is 1. The molecule has 0 amide bonds. The average Bonchev–Trinajstić information content (AvgIpc) is 2.27. The van der Waals surface area contributed by atoms with Crippen LogP contribution >= 0.6 is 11.8 Å². The lowest BCUT2D eigenvalue weighted by atomic mass is 10.3. The predicted octanol–water partition coefficient (Wildman–Crippen LogP) is 1.65. The number of furan rings is 1. The van der Waals surface area contributed by atoms with Gasteiger partial charge in [-0.25, -0.2) is 0 Å². The van der Waals surface area contributed by atoms with Gasteiger partial charge in [-0.15, -0.1) is 11.8 Å². The highest BCUT2D eigenvalue weighted by atomic mass is 32.2. The van der Waals surface area contributed by atoms with Gasteiger partial charge in [-0.2, -0.15) is 0 Å². The van der Waals surface area contributed by atoms with Crippen LogP contribution in [0.3, 0.4) is 0 Å². The molecular weight excluding hydrogens is 158 g/mol. The van der Waals surface area contributed by atoms with Crippen molar-refractivity contribution in [3.63, 3.8) is 0 Å². The van der Waals surface area contributed by atoms with Gasteiger partial charge >= 0.3 is 0 Å². The van der Waals surface area contributed by atoms with E-state index in [1.54, 1.807) is 6.26 Å². The van der Waals surface area contributed by atoms with Crippen molar-refractivity contribution in [1.29, 1.82) is 0 Å². The smallest absolute Gasteiger partial charge is 0.114 e. The maximum atomic E-state index is 5.19. The van der Waals surface area contributed by atoms with E-state index in [0.29, 0.717) is 0 Å². The fraction of sp³-hybridized carbons (Fsp3) is 0.500. The molecule has 0 saturated carbocycles. The summed E-state index contributed by atoms with van der Waals surface area (Å²) in [6.45, 7) is 4.28. The minimum Gasteiger partial charge on any atom is -0.468 e. The lowest BCUT2D eigenvalue weighted by molar-refractivity contribution is 0.524. The van der Waals surface area contributed by atoms with E-state index in [1.165, 1.54) is 4.90 Å². The first-order chi connectivity index (χ1) is 5.36. The van der Waals surface area contributed by atoms with Gasteiger partial charge in [-0.05, 0) is 13.0 Å². The van der Waals surface area contributed by atoms with Crippen LogP contribution in [-0.2, 0) is 0 Å². The zero-order valence-electron chi connectivity index (χ0n) is 6.46. The van der Waals surface area contributed by atoms with Crippen LogP contribution in [0.2, 0.25) is 0 Å². The predicted molar refractivity (Wildman–Crippen MR) is 46.0 cm³/mol. The molecule has 0 radical (unpaired) electrons. The van der Waals surface area contributed by atoms with E-state index in [4.69, 9.17) is 4.42 Å². The van der Waals surface area contributed by atoms with Crippen LogP contribution in [0.5, 0.6) is 0 Å². The largest absolute Gasteiger partial charge is 0.468 e. The van der Waals surface area contributed by atoms with Crippen molar-refractivity contribution >= 4 is 11.8 Å². The topological polar surface area (TPSA) is 25.2 Å². The second-order valence-electron chi connectivity index (χ2n) is 2.74. The van der Waals surface area contributed by atoms with Gasteiger partial charge in [0.1, 0.15) is 5.76 Å². The van der Waals surface area contributed by atoms with Crippen LogP contribution in [0.15, 0.2) is 21.6 Å². The number of hydrogen-bond acceptors (Lipinski definition) is 3. The lowest BCUT2D eigenvalue weighted by Gasteiger charge is -2.25. The standard InChI is InChI=1S/C8H11NOS/c1-6-8(2-3-10-6)11-7-4-9-5-7/h2-3,7,9H,4-5H2,1H3. The van der Waals surface area contributed by atoms with Gasteiger partial charge in [0.15, 0.2) is 0 Å². The van der Waals surface area contributed by atoms with Crippen LogP contribution in [0.1, 0.15) is 5.76 Å². The summed E-state index contributed by atoms with van der Waals surface area (Å²) in [7, 11) is 0. The Hall–Kier alpha value is -0.410. The number of hydrogen-bond donors (Lipinski definition) is 1. The van der Waals surface area contributed by atoms with Crippen LogP contribution in [0.25, 0.3) is 0 Å². The third kappa shape index (κ3) is 1.44. The van der Waals surface area contributed by atoms with E-state index in [-0.39, 0.29) is 0 Å². The molecule has 2 nitrogen and oxygen atoms in total. The molecule has 0 aliphatic carbocycles. The summed E-state index contributed by atoms with van der Waals surface area (Å²) in [5.41, 5.74) is 0. The Morgan fingerprint density at radius 2 is 2.45 bits per heavy atom. The third-order valence-corrected chi connectivity index (χ3v) is 3.19. The van der Waals surface area contributed by atoms with Gasteiger partial charge in [-0.3, -0.25) is 0 Å². The summed E-state index contributed by atoms with van der Waals surface area (Å²) >= 11 is 1.91. The van der Waals surface area contributed by atoms with E-state index in [1.807, 2.05) is 24.8 Å². The van der Waals surface area contributed by atoms with Crippen molar-refractivity contribution in [3.8, 4) is 0 Å². The summed E-state index contributed by atoms with van der Waals surface area (Å²) in [5.74, 6) is 1.04. The van der Waals surface area contributed by atoms with Crippen LogP contribution in [0.4, 0.5) is 0 Å².